The highest BCUT2D eigenvalue weighted by Gasteiger charge is 2.21. The number of aromatic nitrogens is 1. The fraction of sp³-hybridized carbons (Fsp3) is 0.0870. The number of anilines is 3. The highest BCUT2D eigenvalue weighted by atomic mass is 16.4. The summed E-state index contributed by atoms with van der Waals surface area (Å²) < 4.78 is 6.51. The Morgan fingerprint density at radius 2 is 1.32 bits per heavy atom. The normalized spacial score (nSPS) is 11.6. The second kappa shape index (κ2) is 8.58. The lowest BCUT2D eigenvalue weighted by molar-refractivity contribution is -0.118. The van der Waals surface area contributed by atoms with Crippen LogP contribution < -0.4 is 21.7 Å². The zero-order valence-electron chi connectivity index (χ0n) is 16.7. The summed E-state index contributed by atoms with van der Waals surface area (Å²) >= 11 is 0. The quantitative estimate of drug-likeness (QED) is 0.447. The van der Waals surface area contributed by atoms with Crippen LogP contribution in [0.5, 0.6) is 0 Å². The number of amides is 3. The third-order valence-corrected chi connectivity index (χ3v) is 4.73. The lowest BCUT2D eigenvalue weighted by Gasteiger charge is -2.14. The van der Waals surface area contributed by atoms with Crippen LogP contribution in [0.25, 0.3) is 11.1 Å². The highest BCUT2D eigenvalue weighted by molar-refractivity contribution is 6.00. The van der Waals surface area contributed by atoms with Crippen molar-refractivity contribution in [3.05, 3.63) is 89.4 Å². The van der Waals surface area contributed by atoms with Crippen molar-refractivity contribution >= 4 is 40.1 Å². The molecule has 0 saturated heterocycles. The number of urea groups is 1. The molecule has 1 heterocycles. The molecular formula is C23H20N4O4. The number of nitrogens with zero attached hydrogens (tertiary/aromatic N) is 1. The minimum Gasteiger partial charge on any atom is -0.408 e. The Kier molecular flexibility index (Phi) is 5.53. The van der Waals surface area contributed by atoms with E-state index < -0.39 is 11.8 Å². The number of fused-ring (bicyclic) bond motifs is 1. The number of carbonyl (C=O) groups excluding carboxylic acids is 2. The monoisotopic (exact) mass is 416 g/mol. The summed E-state index contributed by atoms with van der Waals surface area (Å²) in [6.45, 7) is 1.63. The maximum atomic E-state index is 12.7. The van der Waals surface area contributed by atoms with E-state index in [1.165, 1.54) is 4.57 Å². The summed E-state index contributed by atoms with van der Waals surface area (Å²) in [4.78, 5) is 36.9. The summed E-state index contributed by atoms with van der Waals surface area (Å²) in [5.74, 6) is -0.955. The van der Waals surface area contributed by atoms with Crippen molar-refractivity contribution in [3.8, 4) is 0 Å². The first kappa shape index (κ1) is 20.0. The van der Waals surface area contributed by atoms with Crippen molar-refractivity contribution < 1.29 is 14.0 Å². The Balaban J connectivity index is 1.40. The van der Waals surface area contributed by atoms with Gasteiger partial charge in [0.05, 0.1) is 5.52 Å². The van der Waals surface area contributed by atoms with E-state index in [9.17, 15) is 14.4 Å². The zero-order chi connectivity index (χ0) is 21.8. The Hall–Kier alpha value is -4.33. The van der Waals surface area contributed by atoms with Crippen LogP contribution in [-0.4, -0.2) is 16.5 Å². The molecule has 3 N–H and O–H groups in total. The fourth-order valence-electron chi connectivity index (χ4n) is 3.17. The first-order valence-corrected chi connectivity index (χ1v) is 9.65. The topological polar surface area (TPSA) is 105 Å². The molecule has 0 fully saturated rings. The molecule has 3 amide bonds. The van der Waals surface area contributed by atoms with E-state index in [-0.39, 0.29) is 11.9 Å². The molecule has 31 heavy (non-hydrogen) atoms. The van der Waals surface area contributed by atoms with Gasteiger partial charge in [0.1, 0.15) is 6.04 Å². The predicted octanol–water partition coefficient (Wildman–Crippen LogP) is 4.44. The first-order chi connectivity index (χ1) is 15.0. The highest BCUT2D eigenvalue weighted by Crippen LogP contribution is 2.19. The number of nitrogens with one attached hydrogen (secondary N) is 3. The first-order valence-electron chi connectivity index (χ1n) is 9.65. The molecule has 0 aliphatic carbocycles. The van der Waals surface area contributed by atoms with Gasteiger partial charge in [-0.3, -0.25) is 9.36 Å². The van der Waals surface area contributed by atoms with E-state index in [2.05, 4.69) is 16.0 Å². The van der Waals surface area contributed by atoms with Gasteiger partial charge in [-0.15, -0.1) is 0 Å². The fourth-order valence-corrected chi connectivity index (χ4v) is 3.17. The molecule has 1 unspecified atom stereocenters. The van der Waals surface area contributed by atoms with Crippen molar-refractivity contribution in [2.24, 2.45) is 0 Å². The standard InChI is InChI=1S/C23H20N4O4/c1-15(27-19-9-5-6-10-20(19)31-23(27)30)21(28)24-17-11-13-18(14-12-17)26-22(29)25-16-7-3-2-4-8-16/h2-15H,1H3,(H,24,28)(H2,25,26,29). The number of hydrogen-bond donors (Lipinski definition) is 3. The number of rotatable bonds is 5. The molecule has 4 aromatic rings. The molecule has 1 atom stereocenters. The Morgan fingerprint density at radius 1 is 0.774 bits per heavy atom. The Labute approximate surface area is 177 Å². The van der Waals surface area contributed by atoms with Crippen LogP contribution in [0.4, 0.5) is 21.9 Å². The molecule has 0 saturated carbocycles. The van der Waals surface area contributed by atoms with Crippen molar-refractivity contribution in [1.82, 2.24) is 4.57 Å². The van der Waals surface area contributed by atoms with Crippen molar-refractivity contribution in [3.63, 3.8) is 0 Å². The average molecular weight is 416 g/mol. The molecule has 0 aliphatic heterocycles. The third kappa shape index (κ3) is 4.48. The summed E-state index contributed by atoms with van der Waals surface area (Å²) in [6, 6.07) is 21.6. The van der Waals surface area contributed by atoms with E-state index >= 15 is 0 Å². The van der Waals surface area contributed by atoms with Crippen LogP contribution in [0, 0.1) is 0 Å². The zero-order valence-corrected chi connectivity index (χ0v) is 16.7. The smallest absolute Gasteiger partial charge is 0.408 e. The minimum absolute atomic E-state index is 0.365. The molecule has 8 heteroatoms. The van der Waals surface area contributed by atoms with E-state index in [0.29, 0.717) is 28.2 Å². The van der Waals surface area contributed by atoms with Crippen LogP contribution >= 0.6 is 0 Å². The minimum atomic E-state index is -0.773. The molecule has 3 aromatic carbocycles. The Bertz CT molecular complexity index is 1280. The number of carbonyl (C=O) groups is 2. The van der Waals surface area contributed by atoms with Crippen molar-refractivity contribution in [1.29, 1.82) is 0 Å². The van der Waals surface area contributed by atoms with Gasteiger partial charge in [0.2, 0.25) is 5.91 Å². The van der Waals surface area contributed by atoms with Crippen LogP contribution in [0.2, 0.25) is 0 Å². The predicted molar refractivity (Wildman–Crippen MR) is 119 cm³/mol. The van der Waals surface area contributed by atoms with Gasteiger partial charge in [-0.05, 0) is 55.5 Å². The maximum Gasteiger partial charge on any atom is 0.420 e. The van der Waals surface area contributed by atoms with Crippen molar-refractivity contribution in [2.75, 3.05) is 16.0 Å². The maximum absolute atomic E-state index is 12.7. The molecule has 4 rings (SSSR count). The summed E-state index contributed by atoms with van der Waals surface area (Å²) in [6.07, 6.45) is 0. The summed E-state index contributed by atoms with van der Waals surface area (Å²) in [7, 11) is 0. The van der Waals surface area contributed by atoms with Crippen LogP contribution in [0.1, 0.15) is 13.0 Å². The van der Waals surface area contributed by atoms with Gasteiger partial charge in [-0.2, -0.15) is 0 Å². The van der Waals surface area contributed by atoms with Gasteiger partial charge >= 0.3 is 11.8 Å². The number of benzene rings is 3. The van der Waals surface area contributed by atoms with E-state index in [0.717, 1.165) is 0 Å². The van der Waals surface area contributed by atoms with E-state index in [1.54, 1.807) is 67.6 Å². The van der Waals surface area contributed by atoms with Gasteiger partial charge in [0, 0.05) is 17.1 Å². The molecule has 0 bridgehead atoms. The van der Waals surface area contributed by atoms with Crippen LogP contribution in [-0.2, 0) is 4.79 Å². The molecule has 0 spiro atoms. The molecule has 0 radical (unpaired) electrons. The molecule has 8 nitrogen and oxygen atoms in total. The van der Waals surface area contributed by atoms with Gasteiger partial charge in [0.15, 0.2) is 5.58 Å². The number of oxazole rings is 1. The second-order valence-electron chi connectivity index (χ2n) is 6.89. The SMILES string of the molecule is CC(C(=O)Nc1ccc(NC(=O)Nc2ccccc2)cc1)n1c(=O)oc2ccccc21. The van der Waals surface area contributed by atoms with Gasteiger partial charge in [-0.25, -0.2) is 9.59 Å². The number of hydrogen-bond acceptors (Lipinski definition) is 4. The van der Waals surface area contributed by atoms with Crippen molar-refractivity contribution in [2.45, 2.75) is 13.0 Å². The second-order valence-corrected chi connectivity index (χ2v) is 6.89. The lowest BCUT2D eigenvalue weighted by atomic mass is 10.2. The summed E-state index contributed by atoms with van der Waals surface area (Å²) in [5, 5.41) is 8.22. The lowest BCUT2D eigenvalue weighted by Crippen LogP contribution is -2.29. The summed E-state index contributed by atoms with van der Waals surface area (Å²) in [5.41, 5.74) is 2.76. The molecule has 1 aromatic heterocycles. The molecular weight excluding hydrogens is 396 g/mol. The molecule has 156 valence electrons. The third-order valence-electron chi connectivity index (χ3n) is 4.73. The Morgan fingerprint density at radius 3 is 2.00 bits per heavy atom. The molecule has 0 aliphatic rings. The van der Waals surface area contributed by atoms with E-state index in [1.807, 2.05) is 18.2 Å². The van der Waals surface area contributed by atoms with Gasteiger partial charge in [-0.1, -0.05) is 30.3 Å². The average Bonchev–Trinajstić information content (AvgIpc) is 3.10. The van der Waals surface area contributed by atoms with Crippen LogP contribution in [0.15, 0.2) is 88.1 Å². The largest absolute Gasteiger partial charge is 0.420 e. The van der Waals surface area contributed by atoms with E-state index in [4.69, 9.17) is 4.42 Å². The van der Waals surface area contributed by atoms with Crippen LogP contribution in [0.3, 0.4) is 0 Å². The van der Waals surface area contributed by atoms with Gasteiger partial charge < -0.3 is 20.4 Å². The number of para-hydroxylation sites is 3. The van der Waals surface area contributed by atoms with Gasteiger partial charge in [0.25, 0.3) is 0 Å².